The van der Waals surface area contributed by atoms with Crippen molar-refractivity contribution in [3.05, 3.63) is 62.9 Å². The Morgan fingerprint density at radius 2 is 2.00 bits per heavy atom. The van der Waals surface area contributed by atoms with Crippen LogP contribution in [0.2, 0.25) is 0 Å². The van der Waals surface area contributed by atoms with Crippen LogP contribution in [-0.4, -0.2) is 28.3 Å². The summed E-state index contributed by atoms with van der Waals surface area (Å²) >= 11 is 4.56. The second kappa shape index (κ2) is 7.66. The Kier molecular flexibility index (Phi) is 5.09. The van der Waals surface area contributed by atoms with Crippen LogP contribution in [0.25, 0.3) is 5.69 Å². The molecular formula is C19H16BrN3O3S. The largest absolute Gasteiger partial charge is 0.451 e. The van der Waals surface area contributed by atoms with Crippen molar-refractivity contribution in [1.29, 1.82) is 0 Å². The van der Waals surface area contributed by atoms with E-state index < -0.39 is 11.9 Å². The van der Waals surface area contributed by atoms with Gasteiger partial charge in [-0.25, -0.2) is 9.48 Å². The number of hydrogen-bond acceptors (Lipinski definition) is 5. The fraction of sp³-hybridized carbons (Fsp3) is 0.211. The number of nitrogens with zero attached hydrogens (tertiary/aromatic N) is 2. The molecule has 0 bridgehead atoms. The SMILES string of the molecule is O=C(COC(=O)c1ccc(Br)s1)Nc1cc(C2CC2)nn1-c1ccccc1. The monoisotopic (exact) mass is 445 g/mol. The minimum Gasteiger partial charge on any atom is -0.451 e. The minimum atomic E-state index is -0.518. The quantitative estimate of drug-likeness (QED) is 0.571. The molecule has 1 amide bonds. The lowest BCUT2D eigenvalue weighted by Crippen LogP contribution is -2.22. The lowest BCUT2D eigenvalue weighted by molar-refractivity contribution is -0.119. The highest BCUT2D eigenvalue weighted by molar-refractivity contribution is 9.11. The van der Waals surface area contributed by atoms with Crippen molar-refractivity contribution >= 4 is 45.0 Å². The van der Waals surface area contributed by atoms with Gasteiger partial charge in [0.25, 0.3) is 5.91 Å². The molecule has 2 aromatic heterocycles. The van der Waals surface area contributed by atoms with Crippen LogP contribution in [0.5, 0.6) is 0 Å². The predicted molar refractivity (Wildman–Crippen MR) is 106 cm³/mol. The van der Waals surface area contributed by atoms with Gasteiger partial charge >= 0.3 is 5.97 Å². The maximum atomic E-state index is 12.3. The molecule has 27 heavy (non-hydrogen) atoms. The van der Waals surface area contributed by atoms with Crippen molar-refractivity contribution in [2.24, 2.45) is 0 Å². The lowest BCUT2D eigenvalue weighted by Gasteiger charge is -2.09. The first-order valence-electron chi connectivity index (χ1n) is 8.48. The highest BCUT2D eigenvalue weighted by Crippen LogP contribution is 2.40. The third-order valence-corrected chi connectivity index (χ3v) is 5.70. The molecule has 1 aromatic carbocycles. The Morgan fingerprint density at radius 1 is 1.22 bits per heavy atom. The molecule has 1 aliphatic carbocycles. The summed E-state index contributed by atoms with van der Waals surface area (Å²) in [5, 5.41) is 7.43. The molecule has 0 radical (unpaired) electrons. The van der Waals surface area contributed by atoms with Gasteiger partial charge in [0.15, 0.2) is 6.61 Å². The first-order chi connectivity index (χ1) is 13.1. The van der Waals surface area contributed by atoms with Crippen LogP contribution in [0, 0.1) is 0 Å². The molecule has 1 N–H and O–H groups in total. The van der Waals surface area contributed by atoms with Gasteiger partial charge in [0.1, 0.15) is 10.7 Å². The number of benzene rings is 1. The summed E-state index contributed by atoms with van der Waals surface area (Å²) in [6.45, 7) is -0.354. The number of esters is 1. The fourth-order valence-electron chi connectivity index (χ4n) is 2.64. The summed E-state index contributed by atoms with van der Waals surface area (Å²) in [5.74, 6) is 0.109. The van der Waals surface area contributed by atoms with E-state index in [0.29, 0.717) is 16.6 Å². The Labute approximate surface area is 168 Å². The zero-order valence-electron chi connectivity index (χ0n) is 14.2. The van der Waals surface area contributed by atoms with E-state index in [1.54, 1.807) is 16.8 Å². The van der Waals surface area contributed by atoms with Gasteiger partial charge in [0, 0.05) is 12.0 Å². The maximum Gasteiger partial charge on any atom is 0.348 e. The lowest BCUT2D eigenvalue weighted by atomic mass is 10.3. The first-order valence-corrected chi connectivity index (χ1v) is 10.1. The second-order valence-electron chi connectivity index (χ2n) is 6.20. The number of nitrogens with one attached hydrogen (secondary N) is 1. The van der Waals surface area contributed by atoms with Gasteiger partial charge in [-0.1, -0.05) is 18.2 Å². The van der Waals surface area contributed by atoms with E-state index >= 15 is 0 Å². The predicted octanol–water partition coefficient (Wildman–Crippen LogP) is 4.37. The molecule has 6 nitrogen and oxygen atoms in total. The highest BCUT2D eigenvalue weighted by atomic mass is 79.9. The number of anilines is 1. The standard InChI is InChI=1S/C19H16BrN3O3S/c20-16-9-8-15(27-16)19(25)26-11-18(24)21-17-10-14(12-6-7-12)22-23(17)13-4-2-1-3-5-13/h1-5,8-10,12H,6-7,11H2,(H,21,24). The third kappa shape index (κ3) is 4.28. The fourth-order valence-corrected chi connectivity index (χ4v) is 3.92. The van der Waals surface area contributed by atoms with Crippen molar-refractivity contribution in [2.75, 3.05) is 11.9 Å². The number of aromatic nitrogens is 2. The van der Waals surface area contributed by atoms with E-state index in [4.69, 9.17) is 4.74 Å². The molecule has 1 saturated carbocycles. The summed E-state index contributed by atoms with van der Waals surface area (Å²) in [7, 11) is 0. The molecule has 138 valence electrons. The van der Waals surface area contributed by atoms with E-state index in [9.17, 15) is 9.59 Å². The normalized spacial score (nSPS) is 13.4. The minimum absolute atomic E-state index is 0.354. The summed E-state index contributed by atoms with van der Waals surface area (Å²) in [4.78, 5) is 24.7. The van der Waals surface area contributed by atoms with Crippen molar-refractivity contribution in [1.82, 2.24) is 9.78 Å². The average Bonchev–Trinajstić information content (AvgIpc) is 3.30. The Balaban J connectivity index is 1.45. The molecule has 3 aromatic rings. The molecule has 1 aliphatic rings. The Bertz CT molecular complexity index is 979. The number of rotatable bonds is 6. The van der Waals surface area contributed by atoms with Crippen LogP contribution in [0.4, 0.5) is 5.82 Å². The molecular weight excluding hydrogens is 430 g/mol. The van der Waals surface area contributed by atoms with Gasteiger partial charge in [-0.2, -0.15) is 5.10 Å². The van der Waals surface area contributed by atoms with Gasteiger partial charge < -0.3 is 10.1 Å². The van der Waals surface area contributed by atoms with E-state index in [1.165, 1.54) is 11.3 Å². The molecule has 0 atom stereocenters. The van der Waals surface area contributed by atoms with E-state index in [0.717, 1.165) is 28.0 Å². The van der Waals surface area contributed by atoms with Crippen LogP contribution in [0.3, 0.4) is 0 Å². The average molecular weight is 446 g/mol. The third-order valence-electron chi connectivity index (χ3n) is 4.10. The first kappa shape index (κ1) is 17.9. The van der Waals surface area contributed by atoms with Gasteiger partial charge in [-0.3, -0.25) is 4.79 Å². The number of amides is 1. The zero-order chi connectivity index (χ0) is 18.8. The van der Waals surface area contributed by atoms with Gasteiger partial charge in [0.2, 0.25) is 0 Å². The topological polar surface area (TPSA) is 73.2 Å². The van der Waals surface area contributed by atoms with E-state index in [-0.39, 0.29) is 6.61 Å². The van der Waals surface area contributed by atoms with Crippen molar-refractivity contribution in [3.8, 4) is 5.69 Å². The van der Waals surface area contributed by atoms with Gasteiger partial charge in [0.05, 0.1) is 15.2 Å². The van der Waals surface area contributed by atoms with Crippen LogP contribution in [0.1, 0.15) is 34.1 Å². The van der Waals surface area contributed by atoms with Crippen molar-refractivity contribution < 1.29 is 14.3 Å². The Hall–Kier alpha value is -2.45. The number of halogens is 1. The number of carbonyl (C=O) groups excluding carboxylic acids is 2. The molecule has 0 aliphatic heterocycles. The number of carbonyl (C=O) groups is 2. The second-order valence-corrected chi connectivity index (χ2v) is 8.67. The molecule has 0 unspecified atom stereocenters. The molecule has 2 heterocycles. The molecule has 0 spiro atoms. The van der Waals surface area contributed by atoms with E-state index in [1.807, 2.05) is 36.4 Å². The van der Waals surface area contributed by atoms with Gasteiger partial charge in [-0.15, -0.1) is 11.3 Å². The van der Waals surface area contributed by atoms with Gasteiger partial charge in [-0.05, 0) is 53.0 Å². The van der Waals surface area contributed by atoms with Crippen LogP contribution < -0.4 is 5.32 Å². The Morgan fingerprint density at radius 3 is 2.67 bits per heavy atom. The molecule has 1 fully saturated rings. The summed E-state index contributed by atoms with van der Waals surface area (Å²) in [6, 6.07) is 14.9. The van der Waals surface area contributed by atoms with Crippen LogP contribution >= 0.6 is 27.3 Å². The highest BCUT2D eigenvalue weighted by Gasteiger charge is 2.28. The smallest absolute Gasteiger partial charge is 0.348 e. The number of para-hydroxylation sites is 1. The summed E-state index contributed by atoms with van der Waals surface area (Å²) < 4.78 is 7.64. The molecule has 8 heteroatoms. The van der Waals surface area contributed by atoms with Crippen molar-refractivity contribution in [3.63, 3.8) is 0 Å². The van der Waals surface area contributed by atoms with Crippen molar-refractivity contribution in [2.45, 2.75) is 18.8 Å². The number of ether oxygens (including phenoxy) is 1. The summed E-state index contributed by atoms with van der Waals surface area (Å²) in [6.07, 6.45) is 2.24. The summed E-state index contributed by atoms with van der Waals surface area (Å²) in [5.41, 5.74) is 1.83. The molecule has 0 saturated heterocycles. The zero-order valence-corrected chi connectivity index (χ0v) is 16.6. The number of thiophene rings is 1. The maximum absolute atomic E-state index is 12.3. The van der Waals surface area contributed by atoms with Crippen LogP contribution in [0.15, 0.2) is 52.3 Å². The number of hydrogen-bond donors (Lipinski definition) is 1. The van der Waals surface area contributed by atoms with Crippen LogP contribution in [-0.2, 0) is 9.53 Å². The molecule has 4 rings (SSSR count). The van der Waals surface area contributed by atoms with E-state index in [2.05, 4.69) is 26.3 Å².